The molecule has 2 N–H and O–H groups in total. The largest absolute Gasteiger partial charge is 0.330 e. The van der Waals surface area contributed by atoms with Crippen molar-refractivity contribution in [3.63, 3.8) is 0 Å². The van der Waals surface area contributed by atoms with Gasteiger partial charge in [0.25, 0.3) is 0 Å². The first-order valence-corrected chi connectivity index (χ1v) is 5.66. The lowest BCUT2D eigenvalue weighted by molar-refractivity contribution is 0.376. The number of hydrogen-bond donors (Lipinski definition) is 1. The topological polar surface area (TPSA) is 49.8 Å². The summed E-state index contributed by atoms with van der Waals surface area (Å²) in [6.45, 7) is 4.88. The van der Waals surface area contributed by atoms with E-state index in [-0.39, 0.29) is 5.41 Å². The fourth-order valence-corrected chi connectivity index (χ4v) is 1.75. The van der Waals surface area contributed by atoms with E-state index in [1.54, 1.807) is 0 Å². The average Bonchev–Trinajstić information content (AvgIpc) is 2.21. The van der Waals surface area contributed by atoms with E-state index in [4.69, 9.17) is 11.0 Å². The number of rotatable bonds is 3. The van der Waals surface area contributed by atoms with E-state index in [1.807, 2.05) is 18.2 Å². The third-order valence-corrected chi connectivity index (χ3v) is 3.17. The second kappa shape index (κ2) is 4.78. The number of benzene rings is 1. The Labute approximate surface area is 99.2 Å². The van der Waals surface area contributed by atoms with Gasteiger partial charge in [0.2, 0.25) is 0 Å². The Morgan fingerprint density at radius 1 is 1.47 bits per heavy atom. The monoisotopic (exact) mass is 266 g/mol. The number of nitrogens with zero attached hydrogens (tertiary/aromatic N) is 1. The Bertz CT molecular complexity index is 391. The highest BCUT2D eigenvalue weighted by molar-refractivity contribution is 9.10. The maximum atomic E-state index is 8.82. The van der Waals surface area contributed by atoms with Crippen LogP contribution >= 0.6 is 15.9 Å². The summed E-state index contributed by atoms with van der Waals surface area (Å²) >= 11 is 3.49. The van der Waals surface area contributed by atoms with Crippen molar-refractivity contribution in [2.24, 2.45) is 11.1 Å². The van der Waals surface area contributed by atoms with Crippen LogP contribution in [0.4, 0.5) is 0 Å². The van der Waals surface area contributed by atoms with Gasteiger partial charge in [-0.05, 0) is 42.1 Å². The first kappa shape index (κ1) is 12.2. The fraction of sp³-hybridized carbons (Fsp3) is 0.417. The van der Waals surface area contributed by atoms with Gasteiger partial charge in [-0.25, -0.2) is 0 Å². The van der Waals surface area contributed by atoms with E-state index in [2.05, 4.69) is 35.8 Å². The van der Waals surface area contributed by atoms with Crippen molar-refractivity contribution in [1.29, 1.82) is 5.26 Å². The normalized spacial score (nSPS) is 11.1. The zero-order valence-electron chi connectivity index (χ0n) is 9.05. The van der Waals surface area contributed by atoms with E-state index in [0.29, 0.717) is 12.1 Å². The summed E-state index contributed by atoms with van der Waals surface area (Å²) in [7, 11) is 0. The fourth-order valence-electron chi connectivity index (χ4n) is 1.37. The second-order valence-electron chi connectivity index (χ2n) is 4.46. The van der Waals surface area contributed by atoms with Gasteiger partial charge in [0.05, 0.1) is 11.6 Å². The lowest BCUT2D eigenvalue weighted by Crippen LogP contribution is -2.26. The molecule has 2 nitrogen and oxygen atoms in total. The second-order valence-corrected chi connectivity index (χ2v) is 5.32. The van der Waals surface area contributed by atoms with Crippen LogP contribution in [0, 0.1) is 16.7 Å². The van der Waals surface area contributed by atoms with Gasteiger partial charge in [-0.1, -0.05) is 29.8 Å². The average molecular weight is 267 g/mol. The van der Waals surface area contributed by atoms with Crippen molar-refractivity contribution in [3.05, 3.63) is 33.8 Å². The summed E-state index contributed by atoms with van der Waals surface area (Å²) in [5.41, 5.74) is 7.60. The standard InChI is InChI=1S/C12H15BrN2/c1-12(2,8-15)6-10-5-9(7-14)3-4-11(10)13/h3-5H,6,8,15H2,1-2H3. The zero-order chi connectivity index (χ0) is 11.5. The highest BCUT2D eigenvalue weighted by atomic mass is 79.9. The Balaban J connectivity index is 2.99. The molecule has 80 valence electrons. The SMILES string of the molecule is CC(C)(CN)Cc1cc(C#N)ccc1Br. The molecule has 0 amide bonds. The molecule has 0 saturated carbocycles. The predicted molar refractivity (Wildman–Crippen MR) is 65.4 cm³/mol. The molecule has 0 saturated heterocycles. The lowest BCUT2D eigenvalue weighted by Gasteiger charge is -2.23. The van der Waals surface area contributed by atoms with Crippen LogP contribution in [0.2, 0.25) is 0 Å². The molecule has 0 fully saturated rings. The van der Waals surface area contributed by atoms with Gasteiger partial charge >= 0.3 is 0 Å². The van der Waals surface area contributed by atoms with Gasteiger partial charge in [-0.3, -0.25) is 0 Å². The Kier molecular flexibility index (Phi) is 3.90. The number of nitrogens with two attached hydrogens (primary N) is 1. The van der Waals surface area contributed by atoms with E-state index in [0.717, 1.165) is 16.5 Å². The molecule has 0 bridgehead atoms. The van der Waals surface area contributed by atoms with Crippen molar-refractivity contribution < 1.29 is 0 Å². The first-order valence-electron chi connectivity index (χ1n) is 4.87. The summed E-state index contributed by atoms with van der Waals surface area (Å²) in [5.74, 6) is 0. The van der Waals surface area contributed by atoms with Gasteiger partial charge in [-0.2, -0.15) is 5.26 Å². The third-order valence-electron chi connectivity index (χ3n) is 2.40. The molecular formula is C12H15BrN2. The molecule has 0 radical (unpaired) electrons. The van der Waals surface area contributed by atoms with Crippen LogP contribution < -0.4 is 5.73 Å². The van der Waals surface area contributed by atoms with Gasteiger partial charge in [0, 0.05) is 4.47 Å². The quantitative estimate of drug-likeness (QED) is 0.915. The summed E-state index contributed by atoms with van der Waals surface area (Å²) in [6, 6.07) is 7.79. The molecule has 0 spiro atoms. The van der Waals surface area contributed by atoms with Crippen LogP contribution in [0.5, 0.6) is 0 Å². The summed E-state index contributed by atoms with van der Waals surface area (Å²) in [5, 5.41) is 8.82. The molecule has 1 aromatic rings. The van der Waals surface area contributed by atoms with Gasteiger partial charge in [-0.15, -0.1) is 0 Å². The Hall–Kier alpha value is -0.850. The Morgan fingerprint density at radius 2 is 2.13 bits per heavy atom. The van der Waals surface area contributed by atoms with Crippen LogP contribution in [-0.4, -0.2) is 6.54 Å². The van der Waals surface area contributed by atoms with Crippen LogP contribution in [0.3, 0.4) is 0 Å². The number of hydrogen-bond acceptors (Lipinski definition) is 2. The minimum absolute atomic E-state index is 0.0661. The molecule has 1 aromatic carbocycles. The third kappa shape index (κ3) is 3.33. The Morgan fingerprint density at radius 3 is 2.67 bits per heavy atom. The van der Waals surface area contributed by atoms with Crippen molar-refractivity contribution in [3.8, 4) is 6.07 Å². The van der Waals surface area contributed by atoms with E-state index in [9.17, 15) is 0 Å². The maximum absolute atomic E-state index is 8.82. The van der Waals surface area contributed by atoms with E-state index < -0.39 is 0 Å². The highest BCUT2D eigenvalue weighted by Gasteiger charge is 2.17. The summed E-state index contributed by atoms with van der Waals surface area (Å²) in [4.78, 5) is 0. The van der Waals surface area contributed by atoms with Crippen molar-refractivity contribution in [2.75, 3.05) is 6.54 Å². The van der Waals surface area contributed by atoms with Crippen molar-refractivity contribution >= 4 is 15.9 Å². The minimum Gasteiger partial charge on any atom is -0.330 e. The summed E-state index contributed by atoms with van der Waals surface area (Å²) < 4.78 is 1.04. The molecular weight excluding hydrogens is 252 g/mol. The molecule has 0 heterocycles. The molecule has 0 unspecified atom stereocenters. The number of nitriles is 1. The molecule has 0 aliphatic rings. The highest BCUT2D eigenvalue weighted by Crippen LogP contribution is 2.26. The molecule has 0 aromatic heterocycles. The van der Waals surface area contributed by atoms with Crippen molar-refractivity contribution in [2.45, 2.75) is 20.3 Å². The smallest absolute Gasteiger partial charge is 0.0991 e. The van der Waals surface area contributed by atoms with Crippen LogP contribution in [-0.2, 0) is 6.42 Å². The van der Waals surface area contributed by atoms with Gasteiger partial charge < -0.3 is 5.73 Å². The molecule has 0 atom stereocenters. The predicted octanol–water partition coefficient (Wildman–Crippen LogP) is 2.85. The first-order chi connectivity index (χ1) is 6.98. The van der Waals surface area contributed by atoms with Crippen LogP contribution in [0.25, 0.3) is 0 Å². The molecule has 15 heavy (non-hydrogen) atoms. The molecule has 0 aliphatic heterocycles. The molecule has 3 heteroatoms. The minimum atomic E-state index is 0.0661. The molecule has 1 rings (SSSR count). The lowest BCUT2D eigenvalue weighted by atomic mass is 9.85. The van der Waals surface area contributed by atoms with E-state index in [1.165, 1.54) is 0 Å². The van der Waals surface area contributed by atoms with Gasteiger partial charge in [0.15, 0.2) is 0 Å². The van der Waals surface area contributed by atoms with Crippen LogP contribution in [0.1, 0.15) is 25.0 Å². The van der Waals surface area contributed by atoms with E-state index >= 15 is 0 Å². The molecule has 0 aliphatic carbocycles. The summed E-state index contributed by atoms with van der Waals surface area (Å²) in [6.07, 6.45) is 0.875. The zero-order valence-corrected chi connectivity index (χ0v) is 10.6. The maximum Gasteiger partial charge on any atom is 0.0991 e. The number of halogens is 1. The van der Waals surface area contributed by atoms with Crippen LogP contribution in [0.15, 0.2) is 22.7 Å². The van der Waals surface area contributed by atoms with Gasteiger partial charge in [0.1, 0.15) is 0 Å². The van der Waals surface area contributed by atoms with Crippen molar-refractivity contribution in [1.82, 2.24) is 0 Å².